The van der Waals surface area contributed by atoms with Gasteiger partial charge in [-0.2, -0.15) is 0 Å². The van der Waals surface area contributed by atoms with E-state index in [0.29, 0.717) is 0 Å². The first-order chi connectivity index (χ1) is 8.52. The van der Waals surface area contributed by atoms with Crippen molar-refractivity contribution < 1.29 is 0 Å². The smallest absolute Gasteiger partial charge is 0.0348 e. The lowest BCUT2D eigenvalue weighted by molar-refractivity contribution is 0.604. The van der Waals surface area contributed by atoms with Gasteiger partial charge in [0.1, 0.15) is 0 Å². The summed E-state index contributed by atoms with van der Waals surface area (Å²) in [6, 6.07) is 13.4. The van der Waals surface area contributed by atoms with Crippen molar-refractivity contribution in [3.8, 4) is 10.4 Å². The highest BCUT2D eigenvalue weighted by atomic mass is 32.1. The van der Waals surface area contributed by atoms with Gasteiger partial charge in [0.2, 0.25) is 0 Å². The second-order valence-electron chi connectivity index (χ2n) is 5.82. The molecular formula is C17H22S. The summed E-state index contributed by atoms with van der Waals surface area (Å²) in [5.41, 5.74) is 3.14. The lowest BCUT2D eigenvalue weighted by atomic mass is 9.95. The second-order valence-corrected chi connectivity index (χ2v) is 6.90. The SMILES string of the molecule is CCCc1ccccc1-c1ccc(C(C)(C)C)s1. The Balaban J connectivity index is 2.40. The molecule has 0 aliphatic carbocycles. The van der Waals surface area contributed by atoms with E-state index in [9.17, 15) is 0 Å². The standard InChI is InChI=1S/C17H22S/c1-5-8-13-9-6-7-10-14(13)15-11-12-16(18-15)17(2,3)4/h6-7,9-12H,5,8H2,1-4H3. The Bertz CT molecular complexity index is 514. The van der Waals surface area contributed by atoms with Gasteiger partial charge in [0.15, 0.2) is 0 Å². The molecule has 0 radical (unpaired) electrons. The number of thiophene rings is 1. The van der Waals surface area contributed by atoms with Crippen molar-refractivity contribution in [3.05, 3.63) is 46.8 Å². The van der Waals surface area contributed by atoms with E-state index in [-0.39, 0.29) is 5.41 Å². The maximum atomic E-state index is 2.28. The Morgan fingerprint density at radius 1 is 1.00 bits per heavy atom. The van der Waals surface area contributed by atoms with Crippen LogP contribution in [0.4, 0.5) is 0 Å². The zero-order valence-electron chi connectivity index (χ0n) is 11.8. The lowest BCUT2D eigenvalue weighted by Crippen LogP contribution is -2.07. The van der Waals surface area contributed by atoms with Crippen LogP contribution in [0.15, 0.2) is 36.4 Å². The van der Waals surface area contributed by atoms with Gasteiger partial charge in [-0.15, -0.1) is 11.3 Å². The molecule has 96 valence electrons. The Hall–Kier alpha value is -1.08. The van der Waals surface area contributed by atoms with E-state index in [1.165, 1.54) is 33.7 Å². The molecular weight excluding hydrogens is 236 g/mol. The van der Waals surface area contributed by atoms with E-state index >= 15 is 0 Å². The molecule has 0 unspecified atom stereocenters. The average Bonchev–Trinajstić information content (AvgIpc) is 2.79. The van der Waals surface area contributed by atoms with Gasteiger partial charge >= 0.3 is 0 Å². The van der Waals surface area contributed by atoms with Crippen molar-refractivity contribution in [2.45, 2.75) is 46.0 Å². The Kier molecular flexibility index (Phi) is 3.91. The fourth-order valence-electron chi connectivity index (χ4n) is 2.13. The fraction of sp³-hybridized carbons (Fsp3) is 0.412. The van der Waals surface area contributed by atoms with Gasteiger partial charge in [-0.1, -0.05) is 58.4 Å². The quantitative estimate of drug-likeness (QED) is 0.666. The minimum absolute atomic E-state index is 0.253. The summed E-state index contributed by atoms with van der Waals surface area (Å²) in [6.07, 6.45) is 2.37. The first-order valence-corrected chi connectivity index (χ1v) is 7.52. The topological polar surface area (TPSA) is 0 Å². The third-order valence-electron chi connectivity index (χ3n) is 3.15. The zero-order chi connectivity index (χ0) is 13.2. The van der Waals surface area contributed by atoms with Crippen molar-refractivity contribution in [3.63, 3.8) is 0 Å². The monoisotopic (exact) mass is 258 g/mol. The molecule has 0 aliphatic heterocycles. The minimum Gasteiger partial charge on any atom is -0.140 e. The Morgan fingerprint density at radius 2 is 1.72 bits per heavy atom. The zero-order valence-corrected chi connectivity index (χ0v) is 12.6. The normalized spacial score (nSPS) is 11.8. The highest BCUT2D eigenvalue weighted by molar-refractivity contribution is 7.15. The first kappa shape index (κ1) is 13.4. The number of aryl methyl sites for hydroxylation is 1. The van der Waals surface area contributed by atoms with Crippen LogP contribution in [0.3, 0.4) is 0 Å². The average molecular weight is 258 g/mol. The van der Waals surface area contributed by atoms with Gasteiger partial charge in [-0.25, -0.2) is 0 Å². The highest BCUT2D eigenvalue weighted by Crippen LogP contribution is 2.36. The van der Waals surface area contributed by atoms with Crippen LogP contribution in [0, 0.1) is 0 Å². The van der Waals surface area contributed by atoms with Crippen molar-refractivity contribution in [1.29, 1.82) is 0 Å². The summed E-state index contributed by atoms with van der Waals surface area (Å²) >= 11 is 1.93. The third-order valence-corrected chi connectivity index (χ3v) is 4.69. The van der Waals surface area contributed by atoms with Gasteiger partial charge in [0.25, 0.3) is 0 Å². The van der Waals surface area contributed by atoms with Crippen LogP contribution >= 0.6 is 11.3 Å². The molecule has 2 rings (SSSR count). The first-order valence-electron chi connectivity index (χ1n) is 6.71. The minimum atomic E-state index is 0.253. The van der Waals surface area contributed by atoms with Crippen molar-refractivity contribution >= 4 is 11.3 Å². The molecule has 1 heteroatoms. The van der Waals surface area contributed by atoms with Crippen LogP contribution in [0.25, 0.3) is 10.4 Å². The number of benzene rings is 1. The van der Waals surface area contributed by atoms with E-state index in [1.807, 2.05) is 11.3 Å². The summed E-state index contributed by atoms with van der Waals surface area (Å²) in [7, 11) is 0. The molecule has 0 saturated carbocycles. The summed E-state index contributed by atoms with van der Waals surface area (Å²) in [4.78, 5) is 2.87. The van der Waals surface area contributed by atoms with E-state index in [2.05, 4.69) is 64.1 Å². The second kappa shape index (κ2) is 5.27. The maximum absolute atomic E-state index is 2.28. The fourth-order valence-corrected chi connectivity index (χ4v) is 3.26. The molecule has 1 aromatic heterocycles. The van der Waals surface area contributed by atoms with Crippen molar-refractivity contribution in [2.75, 3.05) is 0 Å². The van der Waals surface area contributed by atoms with Crippen LogP contribution in [0.2, 0.25) is 0 Å². The summed E-state index contributed by atoms with van der Waals surface area (Å²) in [6.45, 7) is 9.08. The molecule has 0 nitrogen and oxygen atoms in total. The molecule has 1 aromatic carbocycles. The van der Waals surface area contributed by atoms with Gasteiger partial charge in [0.05, 0.1) is 0 Å². The number of hydrogen-bond donors (Lipinski definition) is 0. The largest absolute Gasteiger partial charge is 0.140 e. The van der Waals surface area contributed by atoms with Gasteiger partial charge in [-0.05, 0) is 35.1 Å². The van der Waals surface area contributed by atoms with Crippen LogP contribution in [-0.4, -0.2) is 0 Å². The Morgan fingerprint density at radius 3 is 2.33 bits per heavy atom. The van der Waals surface area contributed by atoms with Gasteiger partial charge in [0, 0.05) is 9.75 Å². The molecule has 0 spiro atoms. The molecule has 0 bridgehead atoms. The predicted molar refractivity (Wildman–Crippen MR) is 82.5 cm³/mol. The van der Waals surface area contributed by atoms with Crippen molar-refractivity contribution in [2.24, 2.45) is 0 Å². The molecule has 0 aliphatic rings. The molecule has 2 aromatic rings. The van der Waals surface area contributed by atoms with Crippen LogP contribution in [0.5, 0.6) is 0 Å². The van der Waals surface area contributed by atoms with Crippen LogP contribution in [0.1, 0.15) is 44.6 Å². The van der Waals surface area contributed by atoms with E-state index in [1.54, 1.807) is 0 Å². The number of rotatable bonds is 3. The molecule has 0 saturated heterocycles. The predicted octanol–water partition coefficient (Wildman–Crippen LogP) is 5.67. The third kappa shape index (κ3) is 2.84. The van der Waals surface area contributed by atoms with Gasteiger partial charge < -0.3 is 0 Å². The summed E-state index contributed by atoms with van der Waals surface area (Å²) in [5.74, 6) is 0. The molecule has 0 atom stereocenters. The molecule has 0 fully saturated rings. The molecule has 0 amide bonds. The van der Waals surface area contributed by atoms with E-state index in [4.69, 9.17) is 0 Å². The molecule has 1 heterocycles. The summed E-state index contributed by atoms with van der Waals surface area (Å²) < 4.78 is 0. The number of hydrogen-bond acceptors (Lipinski definition) is 1. The van der Waals surface area contributed by atoms with Crippen molar-refractivity contribution in [1.82, 2.24) is 0 Å². The van der Waals surface area contributed by atoms with E-state index < -0.39 is 0 Å². The lowest BCUT2D eigenvalue weighted by Gasteiger charge is -2.15. The summed E-state index contributed by atoms with van der Waals surface area (Å²) in [5, 5.41) is 0. The highest BCUT2D eigenvalue weighted by Gasteiger charge is 2.17. The van der Waals surface area contributed by atoms with E-state index in [0.717, 1.165) is 0 Å². The van der Waals surface area contributed by atoms with Crippen LogP contribution < -0.4 is 0 Å². The van der Waals surface area contributed by atoms with Gasteiger partial charge in [-0.3, -0.25) is 0 Å². The Labute approximate surface area is 115 Å². The maximum Gasteiger partial charge on any atom is 0.0348 e. The molecule has 0 N–H and O–H groups in total. The van der Waals surface area contributed by atoms with Crippen LogP contribution in [-0.2, 0) is 11.8 Å². The molecule has 18 heavy (non-hydrogen) atoms.